The van der Waals surface area contributed by atoms with E-state index in [-0.39, 0.29) is 17.6 Å². The van der Waals surface area contributed by atoms with Crippen LogP contribution >= 0.6 is 0 Å². The van der Waals surface area contributed by atoms with Crippen molar-refractivity contribution >= 4 is 6.29 Å². The summed E-state index contributed by atoms with van der Waals surface area (Å²) in [7, 11) is 1.11. The summed E-state index contributed by atoms with van der Waals surface area (Å²) in [5.74, 6) is -1.06. The van der Waals surface area contributed by atoms with Gasteiger partial charge in [-0.15, -0.1) is 0 Å². The largest absolute Gasteiger partial charge is 0.507 e. The number of methoxy groups -OCH3 is 1. The highest BCUT2D eigenvalue weighted by Gasteiger charge is 2.32. The minimum Gasteiger partial charge on any atom is -0.507 e. The monoisotopic (exact) mass is 220 g/mol. The molecule has 1 rings (SSSR count). The highest BCUT2D eigenvalue weighted by Crippen LogP contribution is 2.36. The van der Waals surface area contributed by atoms with Crippen LogP contribution in [0, 0.1) is 0 Å². The number of hydrogen-bond donors (Lipinski definition) is 1. The number of phenols is 1. The fourth-order valence-corrected chi connectivity index (χ4v) is 1.06. The van der Waals surface area contributed by atoms with Crippen LogP contribution in [-0.4, -0.2) is 18.5 Å². The Hall–Kier alpha value is -1.72. The third-order valence-corrected chi connectivity index (χ3v) is 1.79. The number of hydrogen-bond acceptors (Lipinski definition) is 3. The molecule has 3 nitrogen and oxygen atoms in total. The molecule has 15 heavy (non-hydrogen) atoms. The van der Waals surface area contributed by atoms with E-state index in [0.717, 1.165) is 7.11 Å². The van der Waals surface area contributed by atoms with Gasteiger partial charge in [0.1, 0.15) is 11.5 Å². The Morgan fingerprint density at radius 3 is 2.40 bits per heavy atom. The van der Waals surface area contributed by atoms with Crippen molar-refractivity contribution in [2.75, 3.05) is 7.11 Å². The maximum absolute atomic E-state index is 12.3. The number of benzene rings is 1. The summed E-state index contributed by atoms with van der Waals surface area (Å²) in [5, 5.41) is 9.16. The Bertz CT molecular complexity index is 385. The van der Waals surface area contributed by atoms with E-state index in [2.05, 4.69) is 4.74 Å². The number of aldehydes is 1. The lowest BCUT2D eigenvalue weighted by Gasteiger charge is -2.11. The zero-order chi connectivity index (χ0) is 11.6. The molecule has 0 heterocycles. The number of phenolic OH excluding ortho intramolecular Hbond substituents is 1. The molecule has 82 valence electrons. The van der Waals surface area contributed by atoms with Gasteiger partial charge in [0.25, 0.3) is 0 Å². The van der Waals surface area contributed by atoms with E-state index in [1.165, 1.54) is 0 Å². The Morgan fingerprint density at radius 2 is 2.00 bits per heavy atom. The number of alkyl halides is 3. The first kappa shape index (κ1) is 11.4. The third-order valence-electron chi connectivity index (χ3n) is 1.79. The van der Waals surface area contributed by atoms with Crippen molar-refractivity contribution in [3.63, 3.8) is 0 Å². The van der Waals surface area contributed by atoms with Gasteiger partial charge in [-0.3, -0.25) is 4.79 Å². The topological polar surface area (TPSA) is 46.5 Å². The van der Waals surface area contributed by atoms with Gasteiger partial charge < -0.3 is 9.84 Å². The summed E-state index contributed by atoms with van der Waals surface area (Å²) in [4.78, 5) is 10.4. The van der Waals surface area contributed by atoms with Crippen molar-refractivity contribution in [1.29, 1.82) is 0 Å². The summed E-state index contributed by atoms with van der Waals surface area (Å²) in [5.41, 5.74) is -1.37. The standard InChI is InChI=1S/C9H7F3O3/c1-15-8-3-5(9(10,11)12)2-7(14)6(8)4-13/h2-4,14H,1H3. The van der Waals surface area contributed by atoms with Gasteiger partial charge in [-0.05, 0) is 12.1 Å². The third kappa shape index (κ3) is 2.20. The maximum atomic E-state index is 12.3. The molecule has 1 N–H and O–H groups in total. The zero-order valence-corrected chi connectivity index (χ0v) is 7.63. The number of halogens is 3. The van der Waals surface area contributed by atoms with E-state index >= 15 is 0 Å². The second-order valence-corrected chi connectivity index (χ2v) is 2.73. The average molecular weight is 220 g/mol. The molecule has 0 unspecified atom stereocenters. The van der Waals surface area contributed by atoms with Crippen LogP contribution in [-0.2, 0) is 6.18 Å². The van der Waals surface area contributed by atoms with E-state index in [9.17, 15) is 18.0 Å². The normalized spacial score (nSPS) is 11.2. The molecule has 0 aliphatic carbocycles. The predicted octanol–water partition coefficient (Wildman–Crippen LogP) is 2.23. The molecule has 1 aromatic rings. The summed E-state index contributed by atoms with van der Waals surface area (Å²) in [6, 6.07) is 1.13. The van der Waals surface area contributed by atoms with Crippen LogP contribution < -0.4 is 4.74 Å². The van der Waals surface area contributed by atoms with Gasteiger partial charge in [0.05, 0.1) is 18.2 Å². The van der Waals surface area contributed by atoms with Crippen LogP contribution in [0.5, 0.6) is 11.5 Å². The van der Waals surface area contributed by atoms with Gasteiger partial charge in [-0.2, -0.15) is 13.2 Å². The predicted molar refractivity (Wildman–Crippen MR) is 45.0 cm³/mol. The van der Waals surface area contributed by atoms with Crippen molar-refractivity contribution in [3.8, 4) is 11.5 Å². The summed E-state index contributed by atoms with van der Waals surface area (Å²) >= 11 is 0. The lowest BCUT2D eigenvalue weighted by molar-refractivity contribution is -0.137. The first-order chi connectivity index (χ1) is 6.90. The lowest BCUT2D eigenvalue weighted by atomic mass is 10.1. The van der Waals surface area contributed by atoms with E-state index in [4.69, 9.17) is 5.11 Å². The molecule has 6 heteroatoms. The van der Waals surface area contributed by atoms with Crippen molar-refractivity contribution in [1.82, 2.24) is 0 Å². The first-order valence-corrected chi connectivity index (χ1v) is 3.83. The van der Waals surface area contributed by atoms with Crippen LogP contribution in [0.2, 0.25) is 0 Å². The molecule has 0 saturated heterocycles. The fraction of sp³-hybridized carbons (Fsp3) is 0.222. The van der Waals surface area contributed by atoms with Crippen molar-refractivity contribution in [2.45, 2.75) is 6.18 Å². The van der Waals surface area contributed by atoms with Crippen LogP contribution in [0.15, 0.2) is 12.1 Å². The van der Waals surface area contributed by atoms with Crippen molar-refractivity contribution in [2.24, 2.45) is 0 Å². The molecule has 0 aliphatic heterocycles. The summed E-state index contributed by atoms with van der Waals surface area (Å²) in [6.07, 6.45) is -4.36. The molecule has 0 saturated carbocycles. The van der Waals surface area contributed by atoms with Crippen molar-refractivity contribution < 1.29 is 27.8 Å². The Morgan fingerprint density at radius 1 is 1.40 bits per heavy atom. The van der Waals surface area contributed by atoms with Crippen molar-refractivity contribution in [3.05, 3.63) is 23.3 Å². The second kappa shape index (κ2) is 3.80. The van der Waals surface area contributed by atoms with E-state index in [1.807, 2.05) is 0 Å². The molecular weight excluding hydrogens is 213 g/mol. The van der Waals surface area contributed by atoms with E-state index in [1.54, 1.807) is 0 Å². The highest BCUT2D eigenvalue weighted by molar-refractivity contribution is 5.83. The SMILES string of the molecule is COc1cc(C(F)(F)F)cc(O)c1C=O. The zero-order valence-electron chi connectivity index (χ0n) is 7.63. The molecule has 0 fully saturated rings. The van der Waals surface area contributed by atoms with Crippen LogP contribution in [0.4, 0.5) is 13.2 Å². The van der Waals surface area contributed by atoms with Gasteiger partial charge in [0.2, 0.25) is 0 Å². The van der Waals surface area contributed by atoms with E-state index < -0.39 is 17.5 Å². The Kier molecular flexibility index (Phi) is 2.88. The molecule has 0 atom stereocenters. The van der Waals surface area contributed by atoms with Crippen LogP contribution in [0.25, 0.3) is 0 Å². The van der Waals surface area contributed by atoms with Gasteiger partial charge in [-0.1, -0.05) is 0 Å². The molecule has 0 aliphatic rings. The first-order valence-electron chi connectivity index (χ1n) is 3.83. The molecule has 1 aromatic carbocycles. The van der Waals surface area contributed by atoms with Gasteiger partial charge in [-0.25, -0.2) is 0 Å². The van der Waals surface area contributed by atoms with Gasteiger partial charge >= 0.3 is 6.18 Å². The van der Waals surface area contributed by atoms with Crippen LogP contribution in [0.1, 0.15) is 15.9 Å². The number of rotatable bonds is 2. The maximum Gasteiger partial charge on any atom is 0.416 e. The Balaban J connectivity index is 3.38. The molecule has 0 aromatic heterocycles. The number of ether oxygens (including phenoxy) is 1. The second-order valence-electron chi connectivity index (χ2n) is 2.73. The Labute approximate surface area is 83.1 Å². The number of carbonyl (C=O) groups is 1. The highest BCUT2D eigenvalue weighted by atomic mass is 19.4. The minimum absolute atomic E-state index is 0.230. The quantitative estimate of drug-likeness (QED) is 0.777. The molecule has 0 bridgehead atoms. The summed E-state index contributed by atoms with van der Waals surface area (Å²) < 4.78 is 41.4. The minimum atomic E-state index is -4.59. The average Bonchev–Trinajstić information content (AvgIpc) is 2.15. The number of carbonyl (C=O) groups excluding carboxylic acids is 1. The van der Waals surface area contributed by atoms with Gasteiger partial charge in [0, 0.05) is 0 Å². The number of aromatic hydroxyl groups is 1. The van der Waals surface area contributed by atoms with E-state index in [0.29, 0.717) is 12.1 Å². The van der Waals surface area contributed by atoms with Gasteiger partial charge in [0.15, 0.2) is 6.29 Å². The van der Waals surface area contributed by atoms with Crippen LogP contribution in [0.3, 0.4) is 0 Å². The molecule has 0 radical (unpaired) electrons. The lowest BCUT2D eigenvalue weighted by Crippen LogP contribution is -2.06. The smallest absolute Gasteiger partial charge is 0.416 e. The summed E-state index contributed by atoms with van der Waals surface area (Å²) in [6.45, 7) is 0. The molecule has 0 amide bonds. The molecule has 0 spiro atoms. The molecular formula is C9H7F3O3. The fourth-order valence-electron chi connectivity index (χ4n) is 1.06.